The molecule has 168 valence electrons. The molecule has 34 heavy (non-hydrogen) atoms. The van der Waals surface area contributed by atoms with E-state index in [1.54, 1.807) is 18.6 Å². The number of benzene rings is 2. The van der Waals surface area contributed by atoms with E-state index in [4.69, 9.17) is 0 Å². The number of aromatic nitrogens is 5. The monoisotopic (exact) mass is 466 g/mol. The van der Waals surface area contributed by atoms with Gasteiger partial charge >= 0.3 is 0 Å². The van der Waals surface area contributed by atoms with Crippen molar-refractivity contribution >= 4 is 34.3 Å². The average Bonchev–Trinajstić information content (AvgIpc) is 3.27. The first-order valence-corrected chi connectivity index (χ1v) is 11.8. The lowest BCUT2D eigenvalue weighted by atomic mass is 10.2. The number of fused-ring (bicyclic) bond motifs is 1. The highest BCUT2D eigenvalue weighted by Crippen LogP contribution is 2.29. The van der Waals surface area contributed by atoms with Crippen LogP contribution < -0.4 is 5.32 Å². The Bertz CT molecular complexity index is 1420. The molecule has 3 heterocycles. The van der Waals surface area contributed by atoms with Gasteiger partial charge in [-0.1, -0.05) is 48.2 Å². The maximum atomic E-state index is 13.1. The predicted octanol–water partition coefficient (Wildman–Crippen LogP) is 5.06. The second kappa shape index (κ2) is 9.84. The number of anilines is 1. The van der Waals surface area contributed by atoms with Gasteiger partial charge in [-0.15, -0.1) is 10.2 Å². The number of nitrogens with zero attached hydrogens (tertiary/aromatic N) is 5. The van der Waals surface area contributed by atoms with E-state index >= 15 is 0 Å². The van der Waals surface area contributed by atoms with Crippen molar-refractivity contribution < 1.29 is 4.79 Å². The summed E-state index contributed by atoms with van der Waals surface area (Å²) in [7, 11) is 0. The van der Waals surface area contributed by atoms with Gasteiger partial charge in [-0.25, -0.2) is 0 Å². The summed E-state index contributed by atoms with van der Waals surface area (Å²) >= 11 is 1.38. The molecule has 8 heteroatoms. The first-order chi connectivity index (χ1) is 16.7. The highest BCUT2D eigenvalue weighted by Gasteiger charge is 2.22. The topological polar surface area (TPSA) is 85.6 Å². The van der Waals surface area contributed by atoms with Gasteiger partial charge in [0, 0.05) is 29.5 Å². The normalized spacial score (nSPS) is 11.9. The summed E-state index contributed by atoms with van der Waals surface area (Å²) in [5, 5.41) is 13.1. The van der Waals surface area contributed by atoms with Crippen molar-refractivity contribution in [2.45, 2.75) is 23.9 Å². The van der Waals surface area contributed by atoms with Crippen LogP contribution in [0.1, 0.15) is 12.5 Å². The quantitative estimate of drug-likeness (QED) is 0.338. The third-order valence-corrected chi connectivity index (χ3v) is 6.46. The Morgan fingerprint density at radius 1 is 0.971 bits per heavy atom. The van der Waals surface area contributed by atoms with Crippen molar-refractivity contribution in [1.29, 1.82) is 0 Å². The van der Waals surface area contributed by atoms with E-state index in [9.17, 15) is 4.79 Å². The Morgan fingerprint density at radius 3 is 2.65 bits per heavy atom. The highest BCUT2D eigenvalue weighted by atomic mass is 32.2. The molecular weight excluding hydrogens is 444 g/mol. The molecule has 0 aliphatic carbocycles. The Labute approximate surface area is 201 Å². The van der Waals surface area contributed by atoms with E-state index in [2.05, 4.69) is 37.6 Å². The van der Waals surface area contributed by atoms with Gasteiger partial charge in [0.15, 0.2) is 11.0 Å². The Kier molecular flexibility index (Phi) is 6.31. The third kappa shape index (κ3) is 4.67. The molecule has 0 aliphatic heterocycles. The average molecular weight is 467 g/mol. The van der Waals surface area contributed by atoms with E-state index in [0.717, 1.165) is 27.7 Å². The molecule has 0 fully saturated rings. The molecular formula is C26H22N6OS. The summed E-state index contributed by atoms with van der Waals surface area (Å²) in [6.45, 7) is 2.46. The minimum absolute atomic E-state index is 0.112. The second-order valence-electron chi connectivity index (χ2n) is 7.74. The number of nitrogens with one attached hydrogen (secondary N) is 1. The molecule has 7 nitrogen and oxygen atoms in total. The minimum Gasteiger partial charge on any atom is -0.324 e. The van der Waals surface area contributed by atoms with Gasteiger partial charge in [-0.3, -0.25) is 19.3 Å². The number of thioether (sulfide) groups is 1. The molecule has 5 rings (SSSR count). The van der Waals surface area contributed by atoms with Crippen LogP contribution in [0.5, 0.6) is 0 Å². The summed E-state index contributed by atoms with van der Waals surface area (Å²) in [6.07, 6.45) is 5.24. The molecule has 2 aromatic carbocycles. The fourth-order valence-electron chi connectivity index (χ4n) is 3.65. The van der Waals surface area contributed by atoms with E-state index in [1.807, 2.05) is 72.2 Å². The van der Waals surface area contributed by atoms with Crippen LogP contribution in [0.25, 0.3) is 22.3 Å². The van der Waals surface area contributed by atoms with Gasteiger partial charge in [-0.2, -0.15) is 0 Å². The van der Waals surface area contributed by atoms with Crippen LogP contribution >= 0.6 is 11.8 Å². The fourth-order valence-corrected chi connectivity index (χ4v) is 4.50. The van der Waals surface area contributed by atoms with Crippen molar-refractivity contribution in [2.75, 3.05) is 5.32 Å². The van der Waals surface area contributed by atoms with Gasteiger partial charge in [0.05, 0.1) is 23.0 Å². The lowest BCUT2D eigenvalue weighted by molar-refractivity contribution is -0.115. The second-order valence-corrected chi connectivity index (χ2v) is 9.05. The molecule has 0 spiro atoms. The highest BCUT2D eigenvalue weighted by molar-refractivity contribution is 8.00. The predicted molar refractivity (Wildman–Crippen MR) is 134 cm³/mol. The molecule has 1 N–H and O–H groups in total. The number of pyridine rings is 2. The van der Waals surface area contributed by atoms with E-state index in [-0.39, 0.29) is 5.91 Å². The lowest BCUT2D eigenvalue weighted by Crippen LogP contribution is -2.23. The summed E-state index contributed by atoms with van der Waals surface area (Å²) < 4.78 is 2.03. The molecule has 1 unspecified atom stereocenters. The van der Waals surface area contributed by atoms with Crippen LogP contribution in [0.4, 0.5) is 5.69 Å². The molecule has 0 aliphatic rings. The molecule has 1 amide bonds. The number of hydrogen-bond acceptors (Lipinski definition) is 6. The van der Waals surface area contributed by atoms with Crippen molar-refractivity contribution in [1.82, 2.24) is 24.7 Å². The number of carbonyl (C=O) groups excluding carboxylic acids is 1. The van der Waals surface area contributed by atoms with Crippen LogP contribution in [-0.4, -0.2) is 35.9 Å². The maximum Gasteiger partial charge on any atom is 0.237 e. The van der Waals surface area contributed by atoms with Crippen LogP contribution in [-0.2, 0) is 11.3 Å². The number of amides is 1. The zero-order chi connectivity index (χ0) is 23.3. The summed E-state index contributed by atoms with van der Waals surface area (Å²) in [4.78, 5) is 21.7. The minimum atomic E-state index is -0.396. The fraction of sp³-hybridized carbons (Fsp3) is 0.115. The van der Waals surface area contributed by atoms with Crippen LogP contribution in [0.3, 0.4) is 0 Å². The largest absolute Gasteiger partial charge is 0.324 e. The van der Waals surface area contributed by atoms with Gasteiger partial charge < -0.3 is 5.32 Å². The zero-order valence-corrected chi connectivity index (χ0v) is 19.3. The smallest absolute Gasteiger partial charge is 0.237 e. The van der Waals surface area contributed by atoms with Gasteiger partial charge in [0.1, 0.15) is 0 Å². The standard InChI is InChI=1S/C26H22N6OS/c1-18(25(33)29-23-13-5-12-22-21(23)11-7-15-28-22)34-26-31-30-24(20-10-6-14-27-16-20)32(26)17-19-8-3-2-4-9-19/h2-16,18H,17H2,1H3,(H,29,33). The molecule has 1 atom stereocenters. The number of rotatable bonds is 7. The molecule has 0 saturated heterocycles. The Balaban J connectivity index is 1.41. The molecule has 0 bridgehead atoms. The van der Waals surface area contributed by atoms with Gasteiger partial charge in [0.25, 0.3) is 0 Å². The zero-order valence-electron chi connectivity index (χ0n) is 18.5. The van der Waals surface area contributed by atoms with Gasteiger partial charge in [0.2, 0.25) is 5.91 Å². The first kappa shape index (κ1) is 21.8. The Morgan fingerprint density at radius 2 is 1.82 bits per heavy atom. The summed E-state index contributed by atoms with van der Waals surface area (Å²) in [6, 6.07) is 23.5. The van der Waals surface area contributed by atoms with Crippen molar-refractivity contribution in [3.8, 4) is 11.4 Å². The summed E-state index contributed by atoms with van der Waals surface area (Å²) in [5.74, 6) is 0.603. The van der Waals surface area contributed by atoms with Crippen molar-refractivity contribution in [3.05, 3.63) is 97.0 Å². The van der Waals surface area contributed by atoms with Crippen molar-refractivity contribution in [3.63, 3.8) is 0 Å². The van der Waals surface area contributed by atoms with Crippen LogP contribution in [0, 0.1) is 0 Å². The lowest BCUT2D eigenvalue weighted by Gasteiger charge is -2.15. The molecule has 0 saturated carbocycles. The molecule has 0 radical (unpaired) electrons. The molecule has 5 aromatic rings. The van der Waals surface area contributed by atoms with Gasteiger partial charge in [-0.05, 0) is 48.9 Å². The van der Waals surface area contributed by atoms with Crippen LogP contribution in [0.15, 0.2) is 96.5 Å². The maximum absolute atomic E-state index is 13.1. The SMILES string of the molecule is CC(Sc1nnc(-c2cccnc2)n1Cc1ccccc1)C(=O)Nc1cccc2ncccc12. The van der Waals surface area contributed by atoms with Crippen LogP contribution in [0.2, 0.25) is 0 Å². The van der Waals surface area contributed by atoms with E-state index in [0.29, 0.717) is 17.5 Å². The number of hydrogen-bond donors (Lipinski definition) is 1. The van der Waals surface area contributed by atoms with E-state index in [1.165, 1.54) is 11.8 Å². The third-order valence-electron chi connectivity index (χ3n) is 5.38. The number of carbonyl (C=O) groups is 1. The first-order valence-electron chi connectivity index (χ1n) is 10.9. The van der Waals surface area contributed by atoms with Crippen molar-refractivity contribution in [2.24, 2.45) is 0 Å². The van der Waals surface area contributed by atoms with E-state index < -0.39 is 5.25 Å². The Hall–Kier alpha value is -4.04. The molecule has 3 aromatic heterocycles. The summed E-state index contributed by atoms with van der Waals surface area (Å²) in [5.41, 5.74) is 3.57.